The topological polar surface area (TPSA) is 38.4 Å². The molecule has 2 heteroatoms. The molecular formula is C4H10N2. The van der Waals surface area contributed by atoms with Gasteiger partial charge in [-0.05, 0) is 5.92 Å². The molecule has 0 aromatic rings. The molecule has 0 saturated heterocycles. The Bertz CT molecular complexity index is 47.5. The summed E-state index contributed by atoms with van der Waals surface area (Å²) in [6.07, 6.45) is 1.69. The molecule has 36 valence electrons. The van der Waals surface area contributed by atoms with E-state index in [4.69, 9.17) is 5.84 Å². The third-order valence-corrected chi connectivity index (χ3v) is 0.384. The highest BCUT2D eigenvalue weighted by Gasteiger charge is 1.78. The van der Waals surface area contributed by atoms with Gasteiger partial charge in [0.15, 0.2) is 0 Å². The lowest BCUT2D eigenvalue weighted by Gasteiger charge is -1.85. The van der Waals surface area contributed by atoms with E-state index >= 15 is 0 Å². The Labute approximate surface area is 38.0 Å². The Morgan fingerprint density at radius 2 is 2.17 bits per heavy atom. The molecule has 0 aliphatic rings. The Balaban J connectivity index is 3.03. The van der Waals surface area contributed by atoms with Crippen LogP contribution in [-0.2, 0) is 0 Å². The summed E-state index contributed by atoms with van der Waals surface area (Å²) in [5, 5.41) is 3.31. The fourth-order valence-corrected chi connectivity index (χ4v) is 0.172. The maximum Gasteiger partial charge on any atom is 0.0265 e. The summed E-state index contributed by atoms with van der Waals surface area (Å²) in [7, 11) is 0. The van der Waals surface area contributed by atoms with Gasteiger partial charge in [-0.25, -0.2) is 0 Å². The minimum absolute atomic E-state index is 0.481. The minimum atomic E-state index is 0.481. The molecule has 0 aromatic carbocycles. The highest BCUT2D eigenvalue weighted by molar-refractivity contribution is 5.58. The van der Waals surface area contributed by atoms with Crippen molar-refractivity contribution in [1.82, 2.24) is 0 Å². The van der Waals surface area contributed by atoms with E-state index in [0.717, 1.165) is 0 Å². The molecule has 2 N–H and O–H groups in total. The zero-order chi connectivity index (χ0) is 4.99. The number of hydrazone groups is 1. The van der Waals surface area contributed by atoms with Gasteiger partial charge in [-0.1, -0.05) is 13.8 Å². The molecule has 0 heterocycles. The van der Waals surface area contributed by atoms with Crippen LogP contribution in [0.1, 0.15) is 13.8 Å². The molecule has 0 fully saturated rings. The zero-order valence-corrected chi connectivity index (χ0v) is 4.18. The van der Waals surface area contributed by atoms with E-state index in [9.17, 15) is 0 Å². The fourth-order valence-electron chi connectivity index (χ4n) is 0.172. The van der Waals surface area contributed by atoms with Crippen LogP contribution in [0.2, 0.25) is 0 Å². The van der Waals surface area contributed by atoms with E-state index in [1.807, 2.05) is 13.8 Å². The van der Waals surface area contributed by atoms with Crippen LogP contribution in [0, 0.1) is 5.92 Å². The average Bonchev–Trinajstić information content (AvgIpc) is 1.35. The van der Waals surface area contributed by atoms with Gasteiger partial charge in [-0.15, -0.1) is 0 Å². The fraction of sp³-hybridized carbons (Fsp3) is 0.750. The number of nitrogens with zero attached hydrogens (tertiary/aromatic N) is 1. The van der Waals surface area contributed by atoms with E-state index < -0.39 is 0 Å². The second kappa shape index (κ2) is 2.69. The summed E-state index contributed by atoms with van der Waals surface area (Å²) in [6, 6.07) is 0. The van der Waals surface area contributed by atoms with Crippen LogP contribution in [0.5, 0.6) is 0 Å². The van der Waals surface area contributed by atoms with Gasteiger partial charge in [0.1, 0.15) is 0 Å². The van der Waals surface area contributed by atoms with Gasteiger partial charge in [-0.3, -0.25) is 0 Å². The predicted molar refractivity (Wildman–Crippen MR) is 27.5 cm³/mol. The van der Waals surface area contributed by atoms with Crippen molar-refractivity contribution < 1.29 is 0 Å². The molecule has 0 amide bonds. The van der Waals surface area contributed by atoms with Gasteiger partial charge >= 0.3 is 0 Å². The Morgan fingerprint density at radius 1 is 1.67 bits per heavy atom. The van der Waals surface area contributed by atoms with Crippen LogP contribution in [-0.4, -0.2) is 6.21 Å². The van der Waals surface area contributed by atoms with Crippen molar-refractivity contribution >= 4 is 6.21 Å². The predicted octanol–water partition coefficient (Wildman–Crippen LogP) is 0.587. The van der Waals surface area contributed by atoms with Gasteiger partial charge in [0, 0.05) is 6.21 Å². The van der Waals surface area contributed by atoms with Crippen molar-refractivity contribution in [2.45, 2.75) is 13.8 Å². The van der Waals surface area contributed by atoms with Crippen LogP contribution in [0.25, 0.3) is 0 Å². The monoisotopic (exact) mass is 86.1 g/mol. The summed E-state index contributed by atoms with van der Waals surface area (Å²) in [5.74, 6) is 5.28. The lowest BCUT2D eigenvalue weighted by Crippen LogP contribution is -1.90. The first-order chi connectivity index (χ1) is 2.77. The first-order valence-corrected chi connectivity index (χ1v) is 2.00. The molecular weight excluding hydrogens is 76.1 g/mol. The highest BCUT2D eigenvalue weighted by Crippen LogP contribution is 1.80. The molecule has 0 aliphatic carbocycles. The molecule has 0 bridgehead atoms. The standard InChI is InChI=1S/C4H10N2/c1-4(2)3-6-5/h3-4H,5H2,1-2H3. The van der Waals surface area contributed by atoms with Crippen molar-refractivity contribution in [2.24, 2.45) is 16.9 Å². The van der Waals surface area contributed by atoms with Gasteiger partial charge in [0.2, 0.25) is 0 Å². The van der Waals surface area contributed by atoms with Gasteiger partial charge in [0.05, 0.1) is 0 Å². The molecule has 6 heavy (non-hydrogen) atoms. The van der Waals surface area contributed by atoms with Crippen molar-refractivity contribution in [2.75, 3.05) is 0 Å². The summed E-state index contributed by atoms with van der Waals surface area (Å²) in [5.41, 5.74) is 0. The summed E-state index contributed by atoms with van der Waals surface area (Å²) < 4.78 is 0. The number of hydrogen-bond acceptors (Lipinski definition) is 2. The van der Waals surface area contributed by atoms with E-state index in [1.54, 1.807) is 6.21 Å². The first kappa shape index (κ1) is 5.47. The van der Waals surface area contributed by atoms with Crippen LogP contribution in [0.3, 0.4) is 0 Å². The largest absolute Gasteiger partial charge is 0.324 e. The lowest BCUT2D eigenvalue weighted by molar-refractivity contribution is 0.900. The maximum absolute atomic E-state index is 4.80. The normalized spacial score (nSPS) is 11.2. The van der Waals surface area contributed by atoms with Crippen molar-refractivity contribution in [3.05, 3.63) is 0 Å². The van der Waals surface area contributed by atoms with Crippen molar-refractivity contribution in [1.29, 1.82) is 0 Å². The molecule has 0 unspecified atom stereocenters. The molecule has 0 atom stereocenters. The summed E-state index contributed by atoms with van der Waals surface area (Å²) >= 11 is 0. The van der Waals surface area contributed by atoms with E-state index in [-0.39, 0.29) is 0 Å². The molecule has 0 radical (unpaired) electrons. The van der Waals surface area contributed by atoms with Crippen LogP contribution >= 0.6 is 0 Å². The lowest BCUT2D eigenvalue weighted by atomic mass is 10.3. The average molecular weight is 86.1 g/mol. The number of hydrogen-bond donors (Lipinski definition) is 1. The minimum Gasteiger partial charge on any atom is -0.324 e. The Kier molecular flexibility index (Phi) is 2.46. The summed E-state index contributed by atoms with van der Waals surface area (Å²) in [4.78, 5) is 0. The maximum atomic E-state index is 4.80. The van der Waals surface area contributed by atoms with Gasteiger partial charge in [0.25, 0.3) is 0 Å². The third kappa shape index (κ3) is 3.47. The summed E-state index contributed by atoms with van der Waals surface area (Å²) in [6.45, 7) is 4.05. The molecule has 0 aromatic heterocycles. The Hall–Kier alpha value is -0.530. The number of rotatable bonds is 1. The molecule has 0 rings (SSSR count). The van der Waals surface area contributed by atoms with Gasteiger partial charge in [-0.2, -0.15) is 5.10 Å². The second-order valence-electron chi connectivity index (χ2n) is 1.54. The number of nitrogens with two attached hydrogens (primary N) is 1. The zero-order valence-electron chi connectivity index (χ0n) is 4.18. The van der Waals surface area contributed by atoms with Crippen molar-refractivity contribution in [3.8, 4) is 0 Å². The SMILES string of the molecule is CC(C)C=NN. The van der Waals surface area contributed by atoms with Crippen LogP contribution < -0.4 is 5.84 Å². The molecule has 0 spiro atoms. The van der Waals surface area contributed by atoms with Crippen LogP contribution in [0.15, 0.2) is 5.10 Å². The van der Waals surface area contributed by atoms with E-state index in [1.165, 1.54) is 0 Å². The first-order valence-electron chi connectivity index (χ1n) is 2.00. The molecule has 0 aliphatic heterocycles. The van der Waals surface area contributed by atoms with E-state index in [0.29, 0.717) is 5.92 Å². The molecule has 0 saturated carbocycles. The van der Waals surface area contributed by atoms with Gasteiger partial charge < -0.3 is 5.84 Å². The second-order valence-corrected chi connectivity index (χ2v) is 1.54. The third-order valence-electron chi connectivity index (χ3n) is 0.384. The van der Waals surface area contributed by atoms with Crippen molar-refractivity contribution in [3.63, 3.8) is 0 Å². The molecule has 2 nitrogen and oxygen atoms in total. The Morgan fingerprint density at radius 3 is 2.17 bits per heavy atom. The smallest absolute Gasteiger partial charge is 0.0265 e. The van der Waals surface area contributed by atoms with Crippen LogP contribution in [0.4, 0.5) is 0 Å². The van der Waals surface area contributed by atoms with E-state index in [2.05, 4.69) is 5.10 Å². The quantitative estimate of drug-likeness (QED) is 0.283. The highest BCUT2D eigenvalue weighted by atomic mass is 15.1.